The van der Waals surface area contributed by atoms with Gasteiger partial charge in [0.15, 0.2) is 5.96 Å². The molecule has 1 saturated heterocycles. The Hall–Kier alpha value is -0.340. The van der Waals surface area contributed by atoms with Crippen molar-refractivity contribution in [2.75, 3.05) is 20.2 Å². The number of guanidine groups is 1. The number of hydrogen-bond acceptors (Lipinski definition) is 3. The summed E-state index contributed by atoms with van der Waals surface area (Å²) in [5, 5.41) is 9.51. The minimum atomic E-state index is 0. The Balaban J connectivity index is 0.00000196. The van der Waals surface area contributed by atoms with E-state index in [1.807, 2.05) is 18.4 Å². The minimum absolute atomic E-state index is 0. The van der Waals surface area contributed by atoms with E-state index in [0.717, 1.165) is 25.5 Å². The molecule has 2 heterocycles. The number of halogens is 1. The smallest absolute Gasteiger partial charge is 0.191 e. The number of hydrogen-bond donors (Lipinski definition) is 2. The number of aliphatic imine (C=N–C) groups is 1. The Morgan fingerprint density at radius 3 is 2.92 bits per heavy atom. The van der Waals surface area contributed by atoms with Crippen molar-refractivity contribution < 1.29 is 4.74 Å². The molecular formula is C20H32IN3OS. The summed E-state index contributed by atoms with van der Waals surface area (Å²) in [7, 11) is 1.89. The van der Waals surface area contributed by atoms with Crippen LogP contribution in [-0.2, 0) is 11.2 Å². The largest absolute Gasteiger partial charge is 0.377 e. The maximum absolute atomic E-state index is 6.09. The maximum atomic E-state index is 6.09. The zero-order chi connectivity index (χ0) is 17.3. The van der Waals surface area contributed by atoms with Crippen LogP contribution in [0.5, 0.6) is 0 Å². The highest BCUT2D eigenvalue weighted by Gasteiger charge is 2.65. The van der Waals surface area contributed by atoms with Gasteiger partial charge in [-0.15, -0.1) is 35.3 Å². The average Bonchev–Trinajstić information content (AvgIpc) is 3.35. The molecule has 4 unspecified atom stereocenters. The van der Waals surface area contributed by atoms with Crippen molar-refractivity contribution in [3.05, 3.63) is 22.4 Å². The highest BCUT2D eigenvalue weighted by Crippen LogP contribution is 2.60. The average molecular weight is 489 g/mol. The summed E-state index contributed by atoms with van der Waals surface area (Å²) in [5.74, 6) is 2.25. The summed E-state index contributed by atoms with van der Waals surface area (Å²) in [6.45, 7) is 4.21. The van der Waals surface area contributed by atoms with E-state index in [2.05, 4.69) is 40.1 Å². The third-order valence-corrected chi connectivity index (χ3v) is 7.45. The standard InChI is InChI=1S/C20H31N3OS.HI/c1-14(12-15-6-5-11-25-15)13-22-19(21-2)23-17-16-7-10-24-18(16)20(17)8-3-4-9-20;/h5-6,11,14,16-18H,3-4,7-10,12-13H2,1-2H3,(H2,21,22,23);1H. The van der Waals surface area contributed by atoms with Crippen molar-refractivity contribution >= 4 is 41.3 Å². The van der Waals surface area contributed by atoms with E-state index in [9.17, 15) is 0 Å². The molecule has 1 aliphatic heterocycles. The van der Waals surface area contributed by atoms with Crippen LogP contribution in [0.1, 0.15) is 43.9 Å². The Kier molecular flexibility index (Phi) is 6.88. The van der Waals surface area contributed by atoms with Gasteiger partial charge in [-0.1, -0.05) is 25.8 Å². The number of nitrogens with zero attached hydrogens (tertiary/aromatic N) is 1. The van der Waals surface area contributed by atoms with Crippen LogP contribution < -0.4 is 10.6 Å². The van der Waals surface area contributed by atoms with Crippen LogP contribution in [-0.4, -0.2) is 38.3 Å². The highest BCUT2D eigenvalue weighted by molar-refractivity contribution is 14.0. The molecular weight excluding hydrogens is 457 g/mol. The molecule has 0 amide bonds. The number of rotatable bonds is 5. The van der Waals surface area contributed by atoms with E-state index < -0.39 is 0 Å². The van der Waals surface area contributed by atoms with Gasteiger partial charge < -0.3 is 15.4 Å². The second-order valence-corrected chi connectivity index (χ2v) is 9.18. The van der Waals surface area contributed by atoms with E-state index in [4.69, 9.17) is 4.74 Å². The van der Waals surface area contributed by atoms with Gasteiger partial charge in [0.2, 0.25) is 0 Å². The van der Waals surface area contributed by atoms with Gasteiger partial charge in [-0.25, -0.2) is 0 Å². The first kappa shape index (κ1) is 20.4. The maximum Gasteiger partial charge on any atom is 0.191 e. The van der Waals surface area contributed by atoms with Gasteiger partial charge in [0, 0.05) is 42.5 Å². The van der Waals surface area contributed by atoms with Gasteiger partial charge >= 0.3 is 0 Å². The lowest BCUT2D eigenvalue weighted by atomic mass is 9.54. The number of ether oxygens (including phenoxy) is 1. The molecule has 4 atom stereocenters. The van der Waals surface area contributed by atoms with Crippen molar-refractivity contribution in [1.82, 2.24) is 10.6 Å². The van der Waals surface area contributed by atoms with Crippen molar-refractivity contribution in [2.24, 2.45) is 22.2 Å². The van der Waals surface area contributed by atoms with E-state index >= 15 is 0 Å². The van der Waals surface area contributed by atoms with Gasteiger partial charge in [0.25, 0.3) is 0 Å². The molecule has 2 N–H and O–H groups in total. The van der Waals surface area contributed by atoms with E-state index in [0.29, 0.717) is 29.4 Å². The van der Waals surface area contributed by atoms with Crippen LogP contribution in [0.25, 0.3) is 0 Å². The molecule has 4 rings (SSSR count). The van der Waals surface area contributed by atoms with E-state index in [-0.39, 0.29) is 24.0 Å². The van der Waals surface area contributed by atoms with Crippen LogP contribution in [0.15, 0.2) is 22.5 Å². The van der Waals surface area contributed by atoms with Crippen LogP contribution >= 0.6 is 35.3 Å². The molecule has 2 aliphatic carbocycles. The first-order chi connectivity index (χ1) is 12.2. The van der Waals surface area contributed by atoms with Gasteiger partial charge in [0.05, 0.1) is 6.10 Å². The van der Waals surface area contributed by atoms with Gasteiger partial charge in [-0.3, -0.25) is 4.99 Å². The zero-order valence-corrected chi connectivity index (χ0v) is 19.0. The fourth-order valence-corrected chi connectivity index (χ4v) is 6.23. The fraction of sp³-hybridized carbons (Fsp3) is 0.750. The van der Waals surface area contributed by atoms with Gasteiger partial charge in [0.1, 0.15) is 0 Å². The molecule has 4 nitrogen and oxygen atoms in total. The first-order valence-corrected chi connectivity index (χ1v) is 10.7. The molecule has 0 bridgehead atoms. The SMILES string of the molecule is CN=C(NCC(C)Cc1cccs1)NC1C2CCOC2C12CCCC2.I. The van der Waals surface area contributed by atoms with Crippen LogP contribution in [0, 0.1) is 17.3 Å². The monoisotopic (exact) mass is 489 g/mol. The molecule has 26 heavy (non-hydrogen) atoms. The van der Waals surface area contributed by atoms with Gasteiger partial charge in [-0.2, -0.15) is 0 Å². The van der Waals surface area contributed by atoms with E-state index in [1.165, 1.54) is 37.0 Å². The third kappa shape index (κ3) is 3.78. The molecule has 0 radical (unpaired) electrons. The van der Waals surface area contributed by atoms with Crippen LogP contribution in [0.4, 0.5) is 0 Å². The number of nitrogens with one attached hydrogen (secondary N) is 2. The summed E-state index contributed by atoms with van der Waals surface area (Å²) >= 11 is 1.85. The Bertz CT molecular complexity index is 600. The second kappa shape index (κ2) is 8.78. The summed E-state index contributed by atoms with van der Waals surface area (Å²) < 4.78 is 6.09. The molecule has 0 aromatic carbocycles. The zero-order valence-electron chi connectivity index (χ0n) is 15.9. The Morgan fingerprint density at radius 2 is 2.23 bits per heavy atom. The molecule has 2 saturated carbocycles. The Morgan fingerprint density at radius 1 is 1.42 bits per heavy atom. The quantitative estimate of drug-likeness (QED) is 0.373. The molecule has 1 spiro atoms. The summed E-state index contributed by atoms with van der Waals surface area (Å²) in [6.07, 6.45) is 8.19. The third-order valence-electron chi connectivity index (χ3n) is 6.55. The lowest BCUT2D eigenvalue weighted by molar-refractivity contribution is -0.125. The van der Waals surface area contributed by atoms with E-state index in [1.54, 1.807) is 0 Å². The molecule has 3 fully saturated rings. The fourth-order valence-electron chi connectivity index (χ4n) is 5.36. The summed E-state index contributed by atoms with van der Waals surface area (Å²) in [4.78, 5) is 5.97. The van der Waals surface area contributed by atoms with Crippen LogP contribution in [0.3, 0.4) is 0 Å². The van der Waals surface area contributed by atoms with Crippen molar-refractivity contribution in [3.8, 4) is 0 Å². The first-order valence-electron chi connectivity index (χ1n) is 9.84. The topological polar surface area (TPSA) is 45.7 Å². The predicted octanol–water partition coefficient (Wildman–Crippen LogP) is 4.06. The van der Waals surface area contributed by atoms with Gasteiger partial charge in [-0.05, 0) is 43.0 Å². The summed E-state index contributed by atoms with van der Waals surface area (Å²) in [6, 6.07) is 4.91. The van der Waals surface area contributed by atoms with Crippen LogP contribution in [0.2, 0.25) is 0 Å². The molecule has 3 aliphatic rings. The number of thiophene rings is 1. The predicted molar refractivity (Wildman–Crippen MR) is 120 cm³/mol. The molecule has 146 valence electrons. The normalized spacial score (nSPS) is 30.4. The number of fused-ring (bicyclic) bond motifs is 2. The lowest BCUT2D eigenvalue weighted by Gasteiger charge is -2.57. The molecule has 1 aromatic heterocycles. The molecule has 6 heteroatoms. The lowest BCUT2D eigenvalue weighted by Crippen LogP contribution is -2.69. The second-order valence-electron chi connectivity index (χ2n) is 8.15. The molecule has 1 aromatic rings. The minimum Gasteiger partial charge on any atom is -0.377 e. The van der Waals surface area contributed by atoms with Crippen molar-refractivity contribution in [2.45, 2.75) is 57.6 Å². The van der Waals surface area contributed by atoms with Crippen molar-refractivity contribution in [3.63, 3.8) is 0 Å². The van der Waals surface area contributed by atoms with Crippen molar-refractivity contribution in [1.29, 1.82) is 0 Å². The summed E-state index contributed by atoms with van der Waals surface area (Å²) in [5.41, 5.74) is 0.376. The Labute approximate surface area is 178 Å². The highest BCUT2D eigenvalue weighted by atomic mass is 127.